The van der Waals surface area contributed by atoms with Gasteiger partial charge in [-0.15, -0.1) is 0 Å². The highest BCUT2D eigenvalue weighted by Gasteiger charge is 2.28. The second-order valence-electron chi connectivity index (χ2n) is 3.62. The van der Waals surface area contributed by atoms with Crippen LogP contribution in [0.15, 0.2) is 0 Å². The molecule has 14 heavy (non-hydrogen) atoms. The number of aliphatic hydroxyl groups is 1. The van der Waals surface area contributed by atoms with E-state index in [0.29, 0.717) is 13.2 Å². The highest BCUT2D eigenvalue weighted by molar-refractivity contribution is 5.83. The quantitative estimate of drug-likeness (QED) is 0.589. The molecule has 0 spiro atoms. The SMILES string of the molecule is COCC(O)CNC1CCN(C)C1=O. The van der Waals surface area contributed by atoms with Crippen molar-refractivity contribution < 1.29 is 14.6 Å². The maximum atomic E-state index is 11.4. The molecular formula is C9H18N2O3. The number of methoxy groups -OCH3 is 1. The average Bonchev–Trinajstić information content (AvgIpc) is 2.46. The number of likely N-dealkylation sites (tertiary alicyclic amines) is 1. The van der Waals surface area contributed by atoms with E-state index < -0.39 is 6.10 Å². The molecule has 82 valence electrons. The van der Waals surface area contributed by atoms with Crippen molar-refractivity contribution in [3.8, 4) is 0 Å². The van der Waals surface area contributed by atoms with Crippen LogP contribution in [0.4, 0.5) is 0 Å². The van der Waals surface area contributed by atoms with Gasteiger partial charge < -0.3 is 20.1 Å². The minimum atomic E-state index is -0.543. The molecule has 1 aliphatic rings. The number of hydrogen-bond acceptors (Lipinski definition) is 4. The number of carbonyl (C=O) groups is 1. The molecule has 2 N–H and O–H groups in total. The summed E-state index contributed by atoms with van der Waals surface area (Å²) in [5.74, 6) is 0.106. The van der Waals surface area contributed by atoms with Crippen LogP contribution in [0.2, 0.25) is 0 Å². The van der Waals surface area contributed by atoms with Crippen molar-refractivity contribution in [3.05, 3.63) is 0 Å². The predicted molar refractivity (Wildman–Crippen MR) is 51.9 cm³/mol. The molecule has 0 aromatic carbocycles. The zero-order chi connectivity index (χ0) is 10.6. The van der Waals surface area contributed by atoms with E-state index in [1.54, 1.807) is 11.9 Å². The maximum absolute atomic E-state index is 11.4. The summed E-state index contributed by atoms with van der Waals surface area (Å²) in [5.41, 5.74) is 0. The lowest BCUT2D eigenvalue weighted by Crippen LogP contribution is -2.41. The zero-order valence-electron chi connectivity index (χ0n) is 8.69. The predicted octanol–water partition coefficient (Wildman–Crippen LogP) is -1.19. The summed E-state index contributed by atoms with van der Waals surface area (Å²) in [6.45, 7) is 1.48. The number of aliphatic hydroxyl groups excluding tert-OH is 1. The Kier molecular flexibility index (Phi) is 4.31. The summed E-state index contributed by atoms with van der Waals surface area (Å²) in [6.07, 6.45) is 0.272. The second-order valence-corrected chi connectivity index (χ2v) is 3.62. The third-order valence-corrected chi connectivity index (χ3v) is 2.39. The van der Waals surface area contributed by atoms with Crippen LogP contribution in [-0.4, -0.2) is 61.9 Å². The van der Waals surface area contributed by atoms with E-state index >= 15 is 0 Å². The number of likely N-dealkylation sites (N-methyl/N-ethyl adjacent to an activating group) is 1. The Bertz CT molecular complexity index is 198. The maximum Gasteiger partial charge on any atom is 0.239 e. The fourth-order valence-corrected chi connectivity index (χ4v) is 1.54. The first-order valence-corrected chi connectivity index (χ1v) is 4.80. The van der Waals surface area contributed by atoms with Gasteiger partial charge in [0.2, 0.25) is 5.91 Å². The summed E-state index contributed by atoms with van der Waals surface area (Å²) in [4.78, 5) is 13.1. The first-order chi connectivity index (χ1) is 6.65. The van der Waals surface area contributed by atoms with Gasteiger partial charge in [0.1, 0.15) is 0 Å². The molecule has 0 aliphatic carbocycles. The third-order valence-electron chi connectivity index (χ3n) is 2.39. The van der Waals surface area contributed by atoms with Crippen LogP contribution in [0.5, 0.6) is 0 Å². The topological polar surface area (TPSA) is 61.8 Å². The minimum absolute atomic E-state index is 0.106. The van der Waals surface area contributed by atoms with Crippen molar-refractivity contribution in [1.29, 1.82) is 0 Å². The Hall–Kier alpha value is -0.650. The van der Waals surface area contributed by atoms with Gasteiger partial charge in [0, 0.05) is 27.2 Å². The fourth-order valence-electron chi connectivity index (χ4n) is 1.54. The fraction of sp³-hybridized carbons (Fsp3) is 0.889. The molecule has 0 aromatic rings. The number of carbonyl (C=O) groups excluding carboxylic acids is 1. The molecule has 1 heterocycles. The van der Waals surface area contributed by atoms with Gasteiger partial charge in [0.15, 0.2) is 0 Å². The molecule has 1 fully saturated rings. The molecule has 1 aliphatic heterocycles. The Balaban J connectivity index is 2.22. The average molecular weight is 202 g/mol. The second kappa shape index (κ2) is 5.29. The van der Waals surface area contributed by atoms with Crippen LogP contribution < -0.4 is 5.32 Å². The van der Waals surface area contributed by atoms with Crippen molar-refractivity contribution in [2.45, 2.75) is 18.6 Å². The minimum Gasteiger partial charge on any atom is -0.389 e. The number of hydrogen-bond donors (Lipinski definition) is 2. The summed E-state index contributed by atoms with van der Waals surface area (Å²) < 4.78 is 4.78. The molecule has 5 nitrogen and oxygen atoms in total. The van der Waals surface area contributed by atoms with E-state index in [2.05, 4.69) is 5.32 Å². The smallest absolute Gasteiger partial charge is 0.239 e. The Morgan fingerprint density at radius 1 is 1.79 bits per heavy atom. The van der Waals surface area contributed by atoms with E-state index in [4.69, 9.17) is 4.74 Å². The first-order valence-electron chi connectivity index (χ1n) is 4.80. The standard InChI is InChI=1S/C9H18N2O3/c1-11-4-3-8(9(11)13)10-5-7(12)6-14-2/h7-8,10,12H,3-6H2,1-2H3. The normalized spacial score (nSPS) is 24.4. The van der Waals surface area contributed by atoms with Crippen molar-refractivity contribution in [2.75, 3.05) is 33.9 Å². The Morgan fingerprint density at radius 3 is 3.00 bits per heavy atom. The summed E-state index contributed by atoms with van der Waals surface area (Å²) in [7, 11) is 3.33. The van der Waals surface area contributed by atoms with E-state index in [-0.39, 0.29) is 11.9 Å². The van der Waals surface area contributed by atoms with Crippen LogP contribution in [0, 0.1) is 0 Å². The molecule has 1 amide bonds. The van der Waals surface area contributed by atoms with E-state index in [9.17, 15) is 9.90 Å². The van der Waals surface area contributed by atoms with Crippen molar-refractivity contribution >= 4 is 5.91 Å². The molecular weight excluding hydrogens is 184 g/mol. The van der Waals surface area contributed by atoms with Crippen LogP contribution in [0.25, 0.3) is 0 Å². The van der Waals surface area contributed by atoms with E-state index in [1.165, 1.54) is 7.11 Å². The van der Waals surface area contributed by atoms with Gasteiger partial charge in [-0.1, -0.05) is 0 Å². The molecule has 0 bridgehead atoms. The van der Waals surface area contributed by atoms with Gasteiger partial charge in [0.05, 0.1) is 18.8 Å². The lowest BCUT2D eigenvalue weighted by atomic mass is 10.2. The number of amides is 1. The highest BCUT2D eigenvalue weighted by Crippen LogP contribution is 2.07. The molecule has 2 atom stereocenters. The monoisotopic (exact) mass is 202 g/mol. The van der Waals surface area contributed by atoms with Crippen LogP contribution in [-0.2, 0) is 9.53 Å². The highest BCUT2D eigenvalue weighted by atomic mass is 16.5. The van der Waals surface area contributed by atoms with Crippen LogP contribution >= 0.6 is 0 Å². The molecule has 1 rings (SSSR count). The number of ether oxygens (including phenoxy) is 1. The molecule has 2 unspecified atom stereocenters. The Labute approximate surface area is 84.0 Å². The summed E-state index contributed by atoms with van der Waals surface area (Å²) in [6, 6.07) is -0.133. The van der Waals surface area contributed by atoms with Crippen molar-refractivity contribution in [3.63, 3.8) is 0 Å². The molecule has 0 radical (unpaired) electrons. The number of nitrogens with one attached hydrogen (secondary N) is 1. The number of nitrogens with zero attached hydrogens (tertiary/aromatic N) is 1. The summed E-state index contributed by atoms with van der Waals surface area (Å²) in [5, 5.41) is 12.4. The zero-order valence-corrected chi connectivity index (χ0v) is 8.69. The van der Waals surface area contributed by atoms with E-state index in [0.717, 1.165) is 13.0 Å². The molecule has 0 aromatic heterocycles. The Morgan fingerprint density at radius 2 is 2.50 bits per heavy atom. The summed E-state index contributed by atoms with van der Waals surface area (Å²) >= 11 is 0. The van der Waals surface area contributed by atoms with Crippen molar-refractivity contribution in [2.24, 2.45) is 0 Å². The van der Waals surface area contributed by atoms with E-state index in [1.807, 2.05) is 0 Å². The van der Waals surface area contributed by atoms with Crippen molar-refractivity contribution in [1.82, 2.24) is 10.2 Å². The lowest BCUT2D eigenvalue weighted by molar-refractivity contribution is -0.128. The van der Waals surface area contributed by atoms with Crippen LogP contribution in [0.3, 0.4) is 0 Å². The lowest BCUT2D eigenvalue weighted by Gasteiger charge is -2.15. The van der Waals surface area contributed by atoms with Gasteiger partial charge in [0.25, 0.3) is 0 Å². The van der Waals surface area contributed by atoms with Gasteiger partial charge in [-0.05, 0) is 6.42 Å². The van der Waals surface area contributed by atoms with Crippen LogP contribution in [0.1, 0.15) is 6.42 Å². The first kappa shape index (κ1) is 11.4. The molecule has 5 heteroatoms. The van der Waals surface area contributed by atoms with Gasteiger partial charge >= 0.3 is 0 Å². The molecule has 1 saturated heterocycles. The largest absolute Gasteiger partial charge is 0.389 e. The van der Waals surface area contributed by atoms with Gasteiger partial charge in [-0.3, -0.25) is 4.79 Å². The third kappa shape index (κ3) is 2.94. The van der Waals surface area contributed by atoms with Gasteiger partial charge in [-0.25, -0.2) is 0 Å². The van der Waals surface area contributed by atoms with Gasteiger partial charge in [-0.2, -0.15) is 0 Å². The number of rotatable bonds is 5. The molecule has 0 saturated carbocycles.